The lowest BCUT2D eigenvalue weighted by atomic mass is 10.1. The fourth-order valence-corrected chi connectivity index (χ4v) is 4.92. The fraction of sp³-hybridized carbons (Fsp3) is 0.231. The van der Waals surface area contributed by atoms with Gasteiger partial charge in [0.05, 0.1) is 39.1 Å². The van der Waals surface area contributed by atoms with E-state index in [0.29, 0.717) is 39.9 Å². The highest BCUT2D eigenvalue weighted by Gasteiger charge is 2.32. The van der Waals surface area contributed by atoms with Gasteiger partial charge in [-0.3, -0.25) is 9.29 Å². The molecule has 0 fully saturated rings. The van der Waals surface area contributed by atoms with Crippen molar-refractivity contribution in [1.29, 1.82) is 5.26 Å². The van der Waals surface area contributed by atoms with Crippen molar-refractivity contribution in [3.8, 4) is 40.7 Å². The van der Waals surface area contributed by atoms with E-state index in [1.165, 1.54) is 57.1 Å². The van der Waals surface area contributed by atoms with Crippen LogP contribution in [0.25, 0.3) is 17.2 Å². The molecule has 0 aliphatic rings. The minimum absolute atomic E-state index is 0.176. The van der Waals surface area contributed by atoms with Crippen LogP contribution < -0.4 is 18.9 Å². The zero-order valence-corrected chi connectivity index (χ0v) is 22.4. The summed E-state index contributed by atoms with van der Waals surface area (Å²) in [5.41, 5.74) is 1.38. The second kappa shape index (κ2) is 11.4. The van der Waals surface area contributed by atoms with Crippen molar-refractivity contribution < 1.29 is 27.7 Å². The average molecular weight is 551 g/mol. The Balaban J connectivity index is 1.82. The van der Waals surface area contributed by atoms with Gasteiger partial charge in [0, 0.05) is 6.07 Å². The topological polar surface area (TPSA) is 161 Å². The Hall–Kier alpha value is -4.67. The number of nitrogens with zero attached hydrogens (tertiary/aromatic N) is 5. The van der Waals surface area contributed by atoms with E-state index in [-0.39, 0.29) is 11.8 Å². The van der Waals surface area contributed by atoms with Gasteiger partial charge >= 0.3 is 0 Å². The van der Waals surface area contributed by atoms with Gasteiger partial charge in [-0.2, -0.15) is 5.26 Å². The van der Waals surface area contributed by atoms with Crippen LogP contribution in [0.5, 0.6) is 17.4 Å². The molecule has 2 aromatic carbocycles. The molecule has 0 saturated heterocycles. The first-order valence-corrected chi connectivity index (χ1v) is 13.2. The molecule has 2 heterocycles. The van der Waals surface area contributed by atoms with Crippen molar-refractivity contribution in [2.45, 2.75) is 18.3 Å². The number of pyridine rings is 1. The molecule has 2 aromatic heterocycles. The molecule has 4 rings (SSSR count). The van der Waals surface area contributed by atoms with E-state index in [2.05, 4.69) is 19.9 Å². The number of hydrogen-bond donors (Lipinski definition) is 2. The molecule has 2 atom stereocenters. The molecule has 0 bridgehead atoms. The molecule has 39 heavy (non-hydrogen) atoms. The molecule has 0 saturated carbocycles. The number of aromatic nitrogens is 4. The van der Waals surface area contributed by atoms with Crippen molar-refractivity contribution in [2.24, 2.45) is 0 Å². The summed E-state index contributed by atoms with van der Waals surface area (Å²) in [6.07, 6.45) is -1.40. The van der Waals surface area contributed by atoms with Gasteiger partial charge in [-0.05, 0) is 42.8 Å². The lowest BCUT2D eigenvalue weighted by molar-refractivity contribution is 0.176. The predicted molar refractivity (Wildman–Crippen MR) is 142 cm³/mol. The number of nitrogens with one attached hydrogen (secondary N) is 1. The van der Waals surface area contributed by atoms with Crippen LogP contribution in [-0.4, -0.2) is 59.9 Å². The minimum atomic E-state index is -4.24. The maximum absolute atomic E-state index is 13.5. The molecule has 0 spiro atoms. The first-order valence-electron chi connectivity index (χ1n) is 11.6. The van der Waals surface area contributed by atoms with Crippen molar-refractivity contribution >= 4 is 16.0 Å². The predicted octanol–water partition coefficient (Wildman–Crippen LogP) is 3.09. The Kier molecular flexibility index (Phi) is 7.99. The van der Waals surface area contributed by atoms with E-state index in [4.69, 9.17) is 19.5 Å². The number of ether oxygens (including phenoxy) is 3. The molecule has 0 radical (unpaired) electrons. The highest BCUT2D eigenvalue weighted by molar-refractivity contribution is 7.93. The van der Waals surface area contributed by atoms with Crippen LogP contribution in [0.2, 0.25) is 0 Å². The fourth-order valence-electron chi connectivity index (χ4n) is 3.85. The minimum Gasteiger partial charge on any atom is -0.494 e. The first kappa shape index (κ1) is 27.4. The van der Waals surface area contributed by atoms with Gasteiger partial charge in [0.25, 0.3) is 0 Å². The van der Waals surface area contributed by atoms with E-state index in [0.717, 1.165) is 0 Å². The van der Waals surface area contributed by atoms with Crippen LogP contribution in [0.3, 0.4) is 0 Å². The summed E-state index contributed by atoms with van der Waals surface area (Å²) in [5.74, 6) is 1.01. The molecule has 0 aliphatic heterocycles. The third kappa shape index (κ3) is 5.47. The monoisotopic (exact) mass is 550 g/mol. The maximum Gasteiger partial charge on any atom is 0.243 e. The van der Waals surface area contributed by atoms with Gasteiger partial charge in [-0.15, -0.1) is 10.2 Å². The summed E-state index contributed by atoms with van der Waals surface area (Å²) in [6.45, 7) is 1.36. The highest BCUT2D eigenvalue weighted by Crippen LogP contribution is 2.38. The van der Waals surface area contributed by atoms with Crippen LogP contribution in [0.15, 0.2) is 60.7 Å². The number of hydrogen-bond acceptors (Lipinski definition) is 10. The van der Waals surface area contributed by atoms with Crippen LogP contribution >= 0.6 is 0 Å². The van der Waals surface area contributed by atoms with Crippen molar-refractivity contribution in [3.63, 3.8) is 0 Å². The van der Waals surface area contributed by atoms with Gasteiger partial charge in [-0.1, -0.05) is 24.3 Å². The van der Waals surface area contributed by atoms with Gasteiger partial charge < -0.3 is 19.3 Å². The molecule has 0 unspecified atom stereocenters. The summed E-state index contributed by atoms with van der Waals surface area (Å²) in [4.78, 5) is 4.42. The molecule has 0 aliphatic carbocycles. The largest absolute Gasteiger partial charge is 0.494 e. The average Bonchev–Trinajstić information content (AvgIpc) is 3.37. The van der Waals surface area contributed by atoms with Crippen LogP contribution in [-0.2, 0) is 10.0 Å². The molecule has 12 nitrogen and oxygen atoms in total. The maximum atomic E-state index is 13.5. The number of nitriles is 1. The van der Waals surface area contributed by atoms with E-state index in [1.807, 2.05) is 6.07 Å². The van der Waals surface area contributed by atoms with Crippen LogP contribution in [0.1, 0.15) is 24.2 Å². The zero-order chi connectivity index (χ0) is 28.2. The summed E-state index contributed by atoms with van der Waals surface area (Å²) < 4.78 is 47.2. The molecule has 0 amide bonds. The van der Waals surface area contributed by atoms with Crippen molar-refractivity contribution in [2.75, 3.05) is 26.1 Å². The second-order valence-electron chi connectivity index (χ2n) is 8.29. The molecule has 2 N–H and O–H groups in total. The Labute approximate surface area is 225 Å². The van der Waals surface area contributed by atoms with Gasteiger partial charge in [0.1, 0.15) is 28.1 Å². The Morgan fingerprint density at radius 1 is 0.949 bits per heavy atom. The molecule has 202 valence electrons. The van der Waals surface area contributed by atoms with Gasteiger partial charge in [0.15, 0.2) is 5.82 Å². The highest BCUT2D eigenvalue weighted by atomic mass is 32.2. The summed E-state index contributed by atoms with van der Waals surface area (Å²) in [6, 6.07) is 18.1. The summed E-state index contributed by atoms with van der Waals surface area (Å²) in [5, 5.41) is 26.9. The van der Waals surface area contributed by atoms with Crippen molar-refractivity contribution in [1.82, 2.24) is 19.7 Å². The van der Waals surface area contributed by atoms with Gasteiger partial charge in [0.2, 0.25) is 21.9 Å². The zero-order valence-electron chi connectivity index (χ0n) is 21.6. The number of rotatable bonds is 10. The summed E-state index contributed by atoms with van der Waals surface area (Å²) >= 11 is 0. The van der Waals surface area contributed by atoms with E-state index >= 15 is 0 Å². The lowest BCUT2D eigenvalue weighted by Crippen LogP contribution is -2.32. The quantitative estimate of drug-likeness (QED) is 0.300. The Bertz CT molecular complexity index is 1590. The number of sulfonamides is 1. The Morgan fingerprint density at radius 2 is 1.59 bits per heavy atom. The number of anilines is 1. The number of aliphatic hydroxyl groups is 1. The second-order valence-corrected chi connectivity index (χ2v) is 10.3. The Morgan fingerprint density at radius 3 is 2.18 bits per heavy atom. The van der Waals surface area contributed by atoms with Crippen LogP contribution in [0, 0.1) is 11.3 Å². The van der Waals surface area contributed by atoms with E-state index in [9.17, 15) is 13.5 Å². The van der Waals surface area contributed by atoms with E-state index in [1.54, 1.807) is 36.4 Å². The smallest absolute Gasteiger partial charge is 0.243 e. The third-order valence-corrected chi connectivity index (χ3v) is 7.70. The standard InChI is InChI=1S/C26H26N6O6S/c1-16(24(33)18-13-11-17(15-27)12-14-18)39(34,35)31-26-30-29-25(19-7-5-10-22(28-19)38-4)32(26)23-20(36-2)8-6-9-21(23)37-3/h5-14,16,24,33H,1-4H3,(H,30,31)/t16-,24-/m0/s1. The SMILES string of the molecule is COc1cccc(-c2nnc(NS(=O)(=O)[C@@H](C)[C@H](O)c3ccc(C#N)cc3)n2-c2c(OC)cccc2OC)n1. The number of para-hydroxylation sites is 1. The molecular formula is C26H26N6O6S. The first-order chi connectivity index (χ1) is 18.7. The molecule has 13 heteroatoms. The third-order valence-electron chi connectivity index (χ3n) is 6.00. The molecular weight excluding hydrogens is 524 g/mol. The summed E-state index contributed by atoms with van der Waals surface area (Å²) in [7, 11) is 0.158. The van der Waals surface area contributed by atoms with Crippen LogP contribution in [0.4, 0.5) is 5.95 Å². The van der Waals surface area contributed by atoms with Gasteiger partial charge in [-0.25, -0.2) is 13.4 Å². The number of methoxy groups -OCH3 is 3. The number of aliphatic hydroxyl groups excluding tert-OH is 1. The normalized spacial score (nSPS) is 12.7. The molecule has 4 aromatic rings. The lowest BCUT2D eigenvalue weighted by Gasteiger charge is -2.21. The van der Waals surface area contributed by atoms with Crippen molar-refractivity contribution in [3.05, 3.63) is 71.8 Å². The van der Waals surface area contributed by atoms with E-state index < -0.39 is 21.4 Å². The number of benzene rings is 2.